The second kappa shape index (κ2) is 6.79. The lowest BCUT2D eigenvalue weighted by atomic mass is 9.98. The molecule has 1 aromatic heterocycles. The highest BCUT2D eigenvalue weighted by molar-refractivity contribution is 5.98. The molecule has 0 spiro atoms. The van der Waals surface area contributed by atoms with Crippen LogP contribution in [0.5, 0.6) is 5.75 Å². The van der Waals surface area contributed by atoms with Crippen LogP contribution in [0.3, 0.4) is 0 Å². The molecule has 2 aliphatic rings. The van der Waals surface area contributed by atoms with Crippen LogP contribution >= 0.6 is 0 Å². The third kappa shape index (κ3) is 3.46. The van der Waals surface area contributed by atoms with Crippen molar-refractivity contribution in [1.82, 2.24) is 20.1 Å². The van der Waals surface area contributed by atoms with Gasteiger partial charge in [-0.1, -0.05) is 0 Å². The number of carbonyl (C=O) groups is 2. The number of fused-ring (bicyclic) bond motifs is 1. The van der Waals surface area contributed by atoms with Gasteiger partial charge in [0.15, 0.2) is 0 Å². The number of hydrogen-bond acceptors (Lipinski definition) is 3. The van der Waals surface area contributed by atoms with Gasteiger partial charge in [-0.25, -0.2) is 4.79 Å². The van der Waals surface area contributed by atoms with Gasteiger partial charge in [-0.3, -0.25) is 4.79 Å². The molecule has 2 N–H and O–H groups in total. The van der Waals surface area contributed by atoms with Crippen molar-refractivity contribution in [2.45, 2.75) is 18.9 Å². The Morgan fingerprint density at radius 2 is 2.00 bits per heavy atom. The van der Waals surface area contributed by atoms with Crippen LogP contribution < -0.4 is 10.1 Å². The van der Waals surface area contributed by atoms with Crippen LogP contribution in [-0.2, 0) is 0 Å². The van der Waals surface area contributed by atoms with Gasteiger partial charge in [-0.15, -0.1) is 0 Å². The van der Waals surface area contributed by atoms with E-state index in [9.17, 15) is 9.59 Å². The molecule has 3 amide bonds. The first kappa shape index (κ1) is 17.7. The summed E-state index contributed by atoms with van der Waals surface area (Å²) < 4.78 is 5.24. The Labute approximate surface area is 158 Å². The predicted octanol–water partition coefficient (Wildman–Crippen LogP) is 2.30. The summed E-state index contributed by atoms with van der Waals surface area (Å²) in [5.74, 6) is 1.58. The van der Waals surface area contributed by atoms with Crippen molar-refractivity contribution in [3.05, 3.63) is 30.0 Å². The number of methoxy groups -OCH3 is 1. The van der Waals surface area contributed by atoms with Gasteiger partial charge in [-0.05, 0) is 43.0 Å². The fourth-order valence-corrected chi connectivity index (χ4v) is 4.03. The maximum Gasteiger partial charge on any atom is 0.319 e. The second-order valence-electron chi connectivity index (χ2n) is 7.80. The average molecular weight is 370 g/mol. The number of rotatable bonds is 4. The number of carbonyl (C=O) groups excluding carboxylic acids is 2. The molecule has 0 radical (unpaired) electrons. The zero-order valence-electron chi connectivity index (χ0n) is 16.0. The topological polar surface area (TPSA) is 77.7 Å². The first-order valence-electron chi connectivity index (χ1n) is 9.40. The molecule has 27 heavy (non-hydrogen) atoms. The van der Waals surface area contributed by atoms with Gasteiger partial charge in [0.2, 0.25) is 0 Å². The summed E-state index contributed by atoms with van der Waals surface area (Å²) in [5.41, 5.74) is 1.43. The number of H-pyrrole nitrogens is 1. The fourth-order valence-electron chi connectivity index (χ4n) is 4.03. The lowest BCUT2D eigenvalue weighted by Gasteiger charge is -2.21. The summed E-state index contributed by atoms with van der Waals surface area (Å²) in [7, 11) is 5.15. The summed E-state index contributed by atoms with van der Waals surface area (Å²) in [5, 5.41) is 4.11. The summed E-state index contributed by atoms with van der Waals surface area (Å²) in [6.07, 6.45) is 2.38. The van der Waals surface area contributed by atoms with Crippen LogP contribution in [0.1, 0.15) is 23.3 Å². The number of hydrogen-bond donors (Lipinski definition) is 2. The van der Waals surface area contributed by atoms with Gasteiger partial charge in [0, 0.05) is 44.0 Å². The Balaban J connectivity index is 1.50. The maximum atomic E-state index is 12.8. The molecule has 7 nitrogen and oxygen atoms in total. The van der Waals surface area contributed by atoms with E-state index in [-0.39, 0.29) is 18.0 Å². The minimum Gasteiger partial charge on any atom is -0.497 e. The minimum atomic E-state index is -0.125. The van der Waals surface area contributed by atoms with Crippen molar-refractivity contribution < 1.29 is 14.3 Å². The predicted molar refractivity (Wildman–Crippen MR) is 103 cm³/mol. The van der Waals surface area contributed by atoms with E-state index in [0.29, 0.717) is 24.1 Å². The number of likely N-dealkylation sites (tertiary alicyclic amines) is 1. The Bertz CT molecular complexity index is 871. The molecule has 2 aromatic rings. The summed E-state index contributed by atoms with van der Waals surface area (Å²) in [6.45, 7) is 1.29. The SMILES string of the molecule is COc1ccc2[nH]c(C(=O)N[C@H]3CN(C(=O)N(C)C)C[C@@H]3C3CC3)cc2c1. The van der Waals surface area contributed by atoms with Crippen molar-refractivity contribution >= 4 is 22.8 Å². The highest BCUT2D eigenvalue weighted by Crippen LogP contribution is 2.41. The Hall–Kier alpha value is -2.70. The number of benzene rings is 1. The Morgan fingerprint density at radius 3 is 2.67 bits per heavy atom. The van der Waals surface area contributed by atoms with E-state index >= 15 is 0 Å². The van der Waals surface area contributed by atoms with Crippen molar-refractivity contribution in [3.63, 3.8) is 0 Å². The van der Waals surface area contributed by atoms with Crippen molar-refractivity contribution in [3.8, 4) is 5.75 Å². The molecule has 0 unspecified atom stereocenters. The standard InChI is InChI=1S/C20H26N4O3/c1-23(2)20(26)24-10-15(12-4-5-12)18(11-24)22-19(25)17-9-13-8-14(27-3)6-7-16(13)21-17/h6-9,12,15,18,21H,4-5,10-11H2,1-3H3,(H,22,25)/t15-,18+/m1/s1. The summed E-state index contributed by atoms with van der Waals surface area (Å²) in [6, 6.07) is 7.53. The monoisotopic (exact) mass is 370 g/mol. The van der Waals surface area contributed by atoms with E-state index in [0.717, 1.165) is 23.2 Å². The normalized spacial score (nSPS) is 22.1. The van der Waals surface area contributed by atoms with Gasteiger partial charge >= 0.3 is 6.03 Å². The zero-order chi connectivity index (χ0) is 19.1. The average Bonchev–Trinajstić information content (AvgIpc) is 3.27. The van der Waals surface area contributed by atoms with Crippen molar-refractivity contribution in [2.24, 2.45) is 11.8 Å². The van der Waals surface area contributed by atoms with E-state index in [4.69, 9.17) is 4.74 Å². The molecule has 4 rings (SSSR count). The number of aromatic amines is 1. The lowest BCUT2D eigenvalue weighted by Crippen LogP contribution is -2.43. The van der Waals surface area contributed by atoms with Gasteiger partial charge in [0.1, 0.15) is 11.4 Å². The molecular formula is C20H26N4O3. The van der Waals surface area contributed by atoms with Crippen LogP contribution in [-0.4, -0.2) is 67.1 Å². The van der Waals surface area contributed by atoms with E-state index in [1.165, 1.54) is 12.8 Å². The molecule has 2 heterocycles. The Kier molecular flexibility index (Phi) is 4.45. The third-order valence-electron chi connectivity index (χ3n) is 5.63. The number of aromatic nitrogens is 1. The van der Waals surface area contributed by atoms with E-state index in [2.05, 4.69) is 10.3 Å². The number of amides is 3. The quantitative estimate of drug-likeness (QED) is 0.867. The number of ether oxygens (including phenoxy) is 1. The van der Waals surface area contributed by atoms with Crippen molar-refractivity contribution in [2.75, 3.05) is 34.3 Å². The van der Waals surface area contributed by atoms with Crippen LogP contribution in [0.4, 0.5) is 4.79 Å². The van der Waals surface area contributed by atoms with Gasteiger partial charge in [0.25, 0.3) is 5.91 Å². The molecule has 7 heteroatoms. The molecule has 1 aliphatic heterocycles. The van der Waals surface area contributed by atoms with Crippen LogP contribution in [0.25, 0.3) is 10.9 Å². The first-order chi connectivity index (χ1) is 13.0. The largest absolute Gasteiger partial charge is 0.497 e. The Morgan fingerprint density at radius 1 is 1.22 bits per heavy atom. The number of nitrogens with one attached hydrogen (secondary N) is 2. The molecule has 1 saturated carbocycles. The molecule has 2 fully saturated rings. The van der Waals surface area contributed by atoms with E-state index < -0.39 is 0 Å². The molecule has 1 saturated heterocycles. The highest BCUT2D eigenvalue weighted by Gasteiger charge is 2.44. The molecule has 0 bridgehead atoms. The van der Waals surface area contributed by atoms with Gasteiger partial charge < -0.3 is 24.8 Å². The van der Waals surface area contributed by atoms with E-state index in [1.54, 1.807) is 26.1 Å². The van der Waals surface area contributed by atoms with E-state index in [1.807, 2.05) is 29.2 Å². The lowest BCUT2D eigenvalue weighted by molar-refractivity contribution is 0.0923. The minimum absolute atomic E-state index is 0.00477. The third-order valence-corrected chi connectivity index (χ3v) is 5.63. The second-order valence-corrected chi connectivity index (χ2v) is 7.80. The number of urea groups is 1. The summed E-state index contributed by atoms with van der Waals surface area (Å²) in [4.78, 5) is 31.8. The highest BCUT2D eigenvalue weighted by atomic mass is 16.5. The summed E-state index contributed by atoms with van der Waals surface area (Å²) >= 11 is 0. The number of nitrogens with zero attached hydrogens (tertiary/aromatic N) is 2. The van der Waals surface area contributed by atoms with Gasteiger partial charge in [0.05, 0.1) is 13.2 Å². The van der Waals surface area contributed by atoms with Crippen molar-refractivity contribution in [1.29, 1.82) is 0 Å². The van der Waals surface area contributed by atoms with Crippen LogP contribution in [0, 0.1) is 11.8 Å². The fraction of sp³-hybridized carbons (Fsp3) is 0.500. The molecule has 1 aliphatic carbocycles. The maximum absolute atomic E-state index is 12.8. The van der Waals surface area contributed by atoms with Crippen LogP contribution in [0.2, 0.25) is 0 Å². The van der Waals surface area contributed by atoms with Crippen LogP contribution in [0.15, 0.2) is 24.3 Å². The molecule has 144 valence electrons. The molecule has 1 aromatic carbocycles. The smallest absolute Gasteiger partial charge is 0.319 e. The van der Waals surface area contributed by atoms with Gasteiger partial charge in [-0.2, -0.15) is 0 Å². The zero-order valence-corrected chi connectivity index (χ0v) is 16.0. The molecule has 2 atom stereocenters. The first-order valence-corrected chi connectivity index (χ1v) is 9.40. The molecular weight excluding hydrogens is 344 g/mol.